The molecule has 1 aromatic rings. The van der Waals surface area contributed by atoms with Crippen molar-refractivity contribution in [2.75, 3.05) is 11.9 Å². The first-order valence-electron chi connectivity index (χ1n) is 5.00. The van der Waals surface area contributed by atoms with E-state index in [-0.39, 0.29) is 6.04 Å². The first-order chi connectivity index (χ1) is 6.72. The third-order valence-electron chi connectivity index (χ3n) is 2.15. The molecule has 0 aromatic carbocycles. The van der Waals surface area contributed by atoms with Crippen LogP contribution in [0.5, 0.6) is 0 Å². The van der Waals surface area contributed by atoms with Crippen molar-refractivity contribution >= 4 is 5.82 Å². The van der Waals surface area contributed by atoms with E-state index in [1.807, 2.05) is 13.0 Å². The van der Waals surface area contributed by atoms with E-state index in [9.17, 15) is 0 Å². The van der Waals surface area contributed by atoms with Crippen LogP contribution in [0.3, 0.4) is 0 Å². The molecule has 4 nitrogen and oxygen atoms in total. The van der Waals surface area contributed by atoms with Gasteiger partial charge in [0.2, 0.25) is 0 Å². The van der Waals surface area contributed by atoms with Crippen molar-refractivity contribution < 1.29 is 0 Å². The van der Waals surface area contributed by atoms with Crippen LogP contribution in [-0.4, -0.2) is 22.6 Å². The van der Waals surface area contributed by atoms with E-state index in [2.05, 4.69) is 22.2 Å². The molecule has 0 saturated carbocycles. The molecule has 78 valence electrons. The highest BCUT2D eigenvalue weighted by molar-refractivity contribution is 5.34. The monoisotopic (exact) mass is 194 g/mol. The number of nitrogens with zero attached hydrogens (tertiary/aromatic N) is 2. The van der Waals surface area contributed by atoms with Gasteiger partial charge in [0.1, 0.15) is 12.1 Å². The summed E-state index contributed by atoms with van der Waals surface area (Å²) < 4.78 is 0. The van der Waals surface area contributed by atoms with E-state index in [1.54, 1.807) is 6.33 Å². The van der Waals surface area contributed by atoms with Gasteiger partial charge in [-0.25, -0.2) is 9.97 Å². The molecule has 0 radical (unpaired) electrons. The average molecular weight is 194 g/mol. The minimum atomic E-state index is 0.283. The average Bonchev–Trinajstić information content (AvgIpc) is 2.17. The third kappa shape index (κ3) is 3.70. The molecule has 14 heavy (non-hydrogen) atoms. The highest BCUT2D eigenvalue weighted by atomic mass is 15.0. The largest absolute Gasteiger partial charge is 0.370 e. The Kier molecular flexibility index (Phi) is 4.32. The summed E-state index contributed by atoms with van der Waals surface area (Å²) in [5, 5.41) is 3.22. The topological polar surface area (TPSA) is 63.8 Å². The van der Waals surface area contributed by atoms with Crippen molar-refractivity contribution in [1.29, 1.82) is 0 Å². The maximum Gasteiger partial charge on any atom is 0.129 e. The van der Waals surface area contributed by atoms with Crippen LogP contribution in [0.15, 0.2) is 12.4 Å². The summed E-state index contributed by atoms with van der Waals surface area (Å²) in [6.45, 7) is 4.91. The third-order valence-corrected chi connectivity index (χ3v) is 2.15. The van der Waals surface area contributed by atoms with Crippen molar-refractivity contribution in [3.63, 3.8) is 0 Å². The van der Waals surface area contributed by atoms with E-state index < -0.39 is 0 Å². The molecule has 1 unspecified atom stereocenters. The fourth-order valence-corrected chi connectivity index (χ4v) is 1.14. The minimum absolute atomic E-state index is 0.283. The Balaban J connectivity index is 2.31. The zero-order valence-electron chi connectivity index (χ0n) is 8.83. The van der Waals surface area contributed by atoms with Gasteiger partial charge in [-0.2, -0.15) is 0 Å². The lowest BCUT2D eigenvalue weighted by molar-refractivity contribution is 0.613. The highest BCUT2D eigenvalue weighted by Gasteiger charge is 1.99. The molecule has 4 heteroatoms. The highest BCUT2D eigenvalue weighted by Crippen LogP contribution is 2.03. The maximum atomic E-state index is 5.79. The predicted octanol–water partition coefficient (Wildman–Crippen LogP) is 1.32. The Labute approximate surface area is 85.0 Å². The number of hydrogen-bond donors (Lipinski definition) is 2. The van der Waals surface area contributed by atoms with Gasteiger partial charge >= 0.3 is 0 Å². The molecule has 0 aliphatic heterocycles. The van der Waals surface area contributed by atoms with Gasteiger partial charge in [0, 0.05) is 24.3 Å². The van der Waals surface area contributed by atoms with Gasteiger partial charge in [-0.05, 0) is 19.8 Å². The van der Waals surface area contributed by atoms with Crippen molar-refractivity contribution in [2.45, 2.75) is 32.7 Å². The van der Waals surface area contributed by atoms with Crippen LogP contribution in [0.1, 0.15) is 25.5 Å². The second kappa shape index (κ2) is 5.54. The lowest BCUT2D eigenvalue weighted by Gasteiger charge is -2.09. The molecule has 0 aliphatic rings. The molecule has 3 N–H and O–H groups in total. The normalized spacial score (nSPS) is 12.5. The summed E-state index contributed by atoms with van der Waals surface area (Å²) in [6, 6.07) is 2.21. The molecule has 0 aliphatic carbocycles. The lowest BCUT2D eigenvalue weighted by Crippen LogP contribution is -2.22. The first-order valence-corrected chi connectivity index (χ1v) is 5.00. The number of nitrogens with one attached hydrogen (secondary N) is 1. The standard InChI is InChI=1S/C10H18N4/c1-3-9(11)4-5-12-10-6-8(2)13-7-14-10/h6-7,9H,3-5,11H2,1-2H3,(H,12,13,14). The van der Waals surface area contributed by atoms with Crippen LogP contribution in [0.2, 0.25) is 0 Å². The van der Waals surface area contributed by atoms with Crippen LogP contribution in [0.4, 0.5) is 5.82 Å². The molecular weight excluding hydrogens is 176 g/mol. The van der Waals surface area contributed by atoms with E-state index >= 15 is 0 Å². The quantitative estimate of drug-likeness (QED) is 0.742. The number of anilines is 1. The molecule has 0 amide bonds. The molecule has 0 spiro atoms. The van der Waals surface area contributed by atoms with E-state index in [4.69, 9.17) is 5.73 Å². The van der Waals surface area contributed by atoms with E-state index in [1.165, 1.54) is 0 Å². The zero-order valence-corrected chi connectivity index (χ0v) is 8.83. The van der Waals surface area contributed by atoms with Gasteiger partial charge in [-0.15, -0.1) is 0 Å². The second-order valence-corrected chi connectivity index (χ2v) is 3.43. The van der Waals surface area contributed by atoms with Gasteiger partial charge in [0.05, 0.1) is 0 Å². The first kappa shape index (κ1) is 10.9. The number of nitrogens with two attached hydrogens (primary N) is 1. The summed E-state index contributed by atoms with van der Waals surface area (Å²) in [5.41, 5.74) is 6.77. The van der Waals surface area contributed by atoms with Crippen LogP contribution in [0.25, 0.3) is 0 Å². The minimum Gasteiger partial charge on any atom is -0.370 e. The van der Waals surface area contributed by atoms with Crippen LogP contribution < -0.4 is 11.1 Å². The fourth-order valence-electron chi connectivity index (χ4n) is 1.14. The molecule has 0 bridgehead atoms. The molecule has 0 fully saturated rings. The lowest BCUT2D eigenvalue weighted by atomic mass is 10.2. The van der Waals surface area contributed by atoms with Crippen molar-refractivity contribution in [1.82, 2.24) is 9.97 Å². The number of rotatable bonds is 5. The van der Waals surface area contributed by atoms with Crippen LogP contribution >= 0.6 is 0 Å². The van der Waals surface area contributed by atoms with Gasteiger partial charge in [0.25, 0.3) is 0 Å². The molecule has 0 saturated heterocycles. The Hall–Kier alpha value is -1.16. The predicted molar refractivity (Wildman–Crippen MR) is 58.1 cm³/mol. The molecule has 1 atom stereocenters. The summed E-state index contributed by atoms with van der Waals surface area (Å²) in [4.78, 5) is 8.12. The van der Waals surface area contributed by atoms with Crippen molar-refractivity contribution in [3.8, 4) is 0 Å². The summed E-state index contributed by atoms with van der Waals surface area (Å²) in [5.74, 6) is 0.876. The van der Waals surface area contributed by atoms with Crippen LogP contribution in [-0.2, 0) is 0 Å². The zero-order chi connectivity index (χ0) is 10.4. The Morgan fingerprint density at radius 1 is 1.50 bits per heavy atom. The summed E-state index contributed by atoms with van der Waals surface area (Å²) in [6.07, 6.45) is 3.56. The summed E-state index contributed by atoms with van der Waals surface area (Å²) >= 11 is 0. The Morgan fingerprint density at radius 3 is 2.93 bits per heavy atom. The van der Waals surface area contributed by atoms with Gasteiger partial charge < -0.3 is 11.1 Å². The molecular formula is C10H18N4. The summed E-state index contributed by atoms with van der Waals surface area (Å²) in [7, 11) is 0. The van der Waals surface area contributed by atoms with Gasteiger partial charge in [0.15, 0.2) is 0 Å². The maximum absolute atomic E-state index is 5.79. The number of hydrogen-bond acceptors (Lipinski definition) is 4. The molecule has 1 rings (SSSR count). The van der Waals surface area contributed by atoms with Crippen molar-refractivity contribution in [2.24, 2.45) is 5.73 Å². The Morgan fingerprint density at radius 2 is 2.29 bits per heavy atom. The molecule has 1 aromatic heterocycles. The van der Waals surface area contributed by atoms with E-state index in [0.29, 0.717) is 0 Å². The molecule has 1 heterocycles. The second-order valence-electron chi connectivity index (χ2n) is 3.43. The van der Waals surface area contributed by atoms with Crippen LogP contribution in [0, 0.1) is 6.92 Å². The van der Waals surface area contributed by atoms with Crippen molar-refractivity contribution in [3.05, 3.63) is 18.1 Å². The fraction of sp³-hybridized carbons (Fsp3) is 0.600. The number of aryl methyl sites for hydroxylation is 1. The van der Waals surface area contributed by atoms with Gasteiger partial charge in [-0.3, -0.25) is 0 Å². The Bertz CT molecular complexity index is 275. The number of aromatic nitrogens is 2. The SMILES string of the molecule is CCC(N)CCNc1cc(C)ncn1. The smallest absolute Gasteiger partial charge is 0.129 e. The van der Waals surface area contributed by atoms with E-state index in [0.717, 1.165) is 30.9 Å². The van der Waals surface area contributed by atoms with Gasteiger partial charge in [-0.1, -0.05) is 6.92 Å².